The van der Waals surface area contributed by atoms with Gasteiger partial charge in [-0.25, -0.2) is 14.8 Å². The van der Waals surface area contributed by atoms with Gasteiger partial charge in [-0.1, -0.05) is 0 Å². The van der Waals surface area contributed by atoms with Crippen molar-refractivity contribution >= 4 is 12.0 Å². The molecule has 0 radical (unpaired) electrons. The molecule has 3 N–H and O–H groups in total. The number of primary amides is 1. The van der Waals surface area contributed by atoms with Crippen molar-refractivity contribution in [2.45, 2.75) is 39.8 Å². The highest BCUT2D eigenvalue weighted by molar-refractivity contribution is 5.61. The van der Waals surface area contributed by atoms with Crippen molar-refractivity contribution in [2.75, 3.05) is 4.90 Å². The first kappa shape index (κ1) is 15.2. The van der Waals surface area contributed by atoms with Gasteiger partial charge in [-0.05, 0) is 33.8 Å². The lowest BCUT2D eigenvalue weighted by molar-refractivity contribution is 0.205. The molecule has 0 spiro atoms. The fraction of sp³-hybridized carbons (Fsp3) is 0.545. The van der Waals surface area contributed by atoms with Crippen LogP contribution in [0.3, 0.4) is 0 Å². The van der Waals surface area contributed by atoms with Gasteiger partial charge in [0.15, 0.2) is 0 Å². The number of hydrogen-bond acceptors (Lipinski definition) is 4. The highest BCUT2D eigenvalue weighted by atomic mass is 16.4. The Labute approximate surface area is 101 Å². The molecular formula is C11H20N4O2. The van der Waals surface area contributed by atoms with Crippen LogP contribution in [0.4, 0.5) is 10.7 Å². The van der Waals surface area contributed by atoms with Gasteiger partial charge in [0.2, 0.25) is 5.95 Å². The van der Waals surface area contributed by atoms with E-state index in [-0.39, 0.29) is 0 Å². The lowest BCUT2D eigenvalue weighted by Crippen LogP contribution is -2.38. The maximum atomic E-state index is 8.78. The lowest BCUT2D eigenvalue weighted by atomic mass is 10.2. The summed E-state index contributed by atoms with van der Waals surface area (Å²) in [4.78, 5) is 19.4. The third-order valence-corrected chi connectivity index (χ3v) is 1.90. The van der Waals surface area contributed by atoms with Gasteiger partial charge < -0.3 is 15.7 Å². The Bertz CT molecular complexity index is 316. The van der Waals surface area contributed by atoms with Crippen LogP contribution >= 0.6 is 0 Å². The van der Waals surface area contributed by atoms with Crippen LogP contribution in [-0.4, -0.2) is 33.3 Å². The second kappa shape index (κ2) is 7.43. The second-order valence-electron chi connectivity index (χ2n) is 3.98. The first-order chi connectivity index (χ1) is 7.86. The summed E-state index contributed by atoms with van der Waals surface area (Å²) in [6.45, 7) is 8.60. The van der Waals surface area contributed by atoms with E-state index in [1.807, 2.05) is 6.07 Å². The molecule has 0 fully saturated rings. The number of nitrogens with two attached hydrogens (primary N) is 1. The fourth-order valence-electron chi connectivity index (χ4n) is 1.48. The number of anilines is 1. The van der Waals surface area contributed by atoms with Crippen molar-refractivity contribution in [3.05, 3.63) is 18.5 Å². The van der Waals surface area contributed by atoms with E-state index in [1.54, 1.807) is 12.4 Å². The van der Waals surface area contributed by atoms with Crippen LogP contribution in [0.25, 0.3) is 0 Å². The van der Waals surface area contributed by atoms with Gasteiger partial charge in [0.25, 0.3) is 0 Å². The summed E-state index contributed by atoms with van der Waals surface area (Å²) in [5, 5.41) is 7.19. The van der Waals surface area contributed by atoms with Crippen molar-refractivity contribution in [1.29, 1.82) is 0 Å². The zero-order chi connectivity index (χ0) is 13.4. The average Bonchev–Trinajstić information content (AvgIpc) is 2.17. The van der Waals surface area contributed by atoms with Crippen LogP contribution in [0, 0.1) is 0 Å². The van der Waals surface area contributed by atoms with Gasteiger partial charge in [-0.2, -0.15) is 0 Å². The Kier molecular flexibility index (Phi) is 6.62. The lowest BCUT2D eigenvalue weighted by Gasteiger charge is -2.30. The molecule has 0 atom stereocenters. The van der Waals surface area contributed by atoms with E-state index in [1.165, 1.54) is 0 Å². The number of carboxylic acid groups (broad SMARTS) is 1. The Morgan fingerprint density at radius 2 is 1.59 bits per heavy atom. The highest BCUT2D eigenvalue weighted by Gasteiger charge is 2.15. The summed E-state index contributed by atoms with van der Waals surface area (Å²) >= 11 is 0. The van der Waals surface area contributed by atoms with Crippen LogP contribution in [0.5, 0.6) is 0 Å². The zero-order valence-electron chi connectivity index (χ0n) is 10.7. The molecule has 0 bridgehead atoms. The molecule has 1 aromatic heterocycles. The number of carbonyl (C=O) groups is 1. The first-order valence-corrected chi connectivity index (χ1v) is 5.40. The summed E-state index contributed by atoms with van der Waals surface area (Å²) in [7, 11) is 0. The maximum Gasteiger partial charge on any atom is 0.402 e. The molecule has 1 rings (SSSR count). The molecule has 0 saturated heterocycles. The Hall–Kier alpha value is -1.85. The molecule has 1 aromatic rings. The van der Waals surface area contributed by atoms with Crippen molar-refractivity contribution in [3.63, 3.8) is 0 Å². The monoisotopic (exact) mass is 240 g/mol. The van der Waals surface area contributed by atoms with Gasteiger partial charge in [-0.15, -0.1) is 0 Å². The Balaban J connectivity index is 0.000000557. The zero-order valence-corrected chi connectivity index (χ0v) is 10.7. The maximum absolute atomic E-state index is 8.78. The van der Waals surface area contributed by atoms with Gasteiger partial charge in [-0.3, -0.25) is 0 Å². The number of amides is 1. The smallest absolute Gasteiger partial charge is 0.402 e. The predicted molar refractivity (Wildman–Crippen MR) is 67.0 cm³/mol. The third kappa shape index (κ3) is 6.34. The molecule has 0 aliphatic carbocycles. The molecule has 0 aliphatic rings. The molecule has 96 valence electrons. The van der Waals surface area contributed by atoms with Gasteiger partial charge in [0, 0.05) is 24.5 Å². The molecule has 1 amide bonds. The predicted octanol–water partition coefficient (Wildman–Crippen LogP) is 1.72. The summed E-state index contributed by atoms with van der Waals surface area (Å²) in [5.74, 6) is 0.813. The van der Waals surface area contributed by atoms with Crippen LogP contribution in [0.1, 0.15) is 27.7 Å². The van der Waals surface area contributed by atoms with Gasteiger partial charge in [0.05, 0.1) is 0 Å². The van der Waals surface area contributed by atoms with Gasteiger partial charge >= 0.3 is 6.09 Å². The molecule has 0 unspecified atom stereocenters. The van der Waals surface area contributed by atoms with Crippen molar-refractivity contribution in [1.82, 2.24) is 9.97 Å². The van der Waals surface area contributed by atoms with Crippen LogP contribution in [0.15, 0.2) is 18.5 Å². The third-order valence-electron chi connectivity index (χ3n) is 1.90. The topological polar surface area (TPSA) is 92.3 Å². The Morgan fingerprint density at radius 3 is 1.88 bits per heavy atom. The quantitative estimate of drug-likeness (QED) is 0.839. The van der Waals surface area contributed by atoms with E-state index < -0.39 is 6.09 Å². The van der Waals surface area contributed by atoms with E-state index in [0.717, 1.165) is 5.95 Å². The summed E-state index contributed by atoms with van der Waals surface area (Å²) in [5.41, 5.74) is 4.03. The summed E-state index contributed by atoms with van der Waals surface area (Å²) in [6, 6.07) is 2.70. The first-order valence-electron chi connectivity index (χ1n) is 5.40. The molecule has 6 heteroatoms. The summed E-state index contributed by atoms with van der Waals surface area (Å²) in [6.07, 6.45) is 2.22. The van der Waals surface area contributed by atoms with E-state index >= 15 is 0 Å². The molecule has 1 heterocycles. The number of rotatable bonds is 3. The van der Waals surface area contributed by atoms with Crippen LogP contribution in [0.2, 0.25) is 0 Å². The van der Waals surface area contributed by atoms with Crippen molar-refractivity contribution in [2.24, 2.45) is 5.73 Å². The molecule has 0 aliphatic heterocycles. The minimum absolute atomic E-state index is 0.433. The van der Waals surface area contributed by atoms with E-state index in [4.69, 9.17) is 9.90 Å². The summed E-state index contributed by atoms with van der Waals surface area (Å²) < 4.78 is 0. The highest BCUT2D eigenvalue weighted by Crippen LogP contribution is 2.13. The minimum atomic E-state index is -1.33. The molecule has 6 nitrogen and oxygen atoms in total. The number of aromatic nitrogens is 2. The van der Waals surface area contributed by atoms with Crippen LogP contribution < -0.4 is 10.6 Å². The van der Waals surface area contributed by atoms with Crippen molar-refractivity contribution < 1.29 is 9.90 Å². The molecular weight excluding hydrogens is 220 g/mol. The normalized spacial score (nSPS) is 9.76. The molecule has 0 aromatic carbocycles. The Morgan fingerprint density at radius 1 is 1.24 bits per heavy atom. The number of nitrogens with zero attached hydrogens (tertiary/aromatic N) is 3. The van der Waals surface area contributed by atoms with Crippen LogP contribution in [-0.2, 0) is 0 Å². The molecule has 17 heavy (non-hydrogen) atoms. The average molecular weight is 240 g/mol. The van der Waals surface area contributed by atoms with E-state index in [9.17, 15) is 0 Å². The van der Waals surface area contributed by atoms with Crippen molar-refractivity contribution in [3.8, 4) is 0 Å². The fourth-order valence-corrected chi connectivity index (χ4v) is 1.48. The number of hydrogen-bond donors (Lipinski definition) is 2. The standard InChI is InChI=1S/C10H17N3.CH3NO2/c1-8(2)13(9(3)4)10-11-6-5-7-12-10;2-1(3)4/h5-9H,1-4H3;2H2,(H,3,4). The molecule has 0 saturated carbocycles. The minimum Gasteiger partial charge on any atom is -0.465 e. The van der Waals surface area contributed by atoms with Gasteiger partial charge in [0.1, 0.15) is 0 Å². The largest absolute Gasteiger partial charge is 0.465 e. The van der Waals surface area contributed by atoms with E-state index in [0.29, 0.717) is 12.1 Å². The van der Waals surface area contributed by atoms with E-state index in [2.05, 4.69) is 48.3 Å². The second-order valence-corrected chi connectivity index (χ2v) is 3.98. The SMILES string of the molecule is CC(C)N(c1ncccn1)C(C)C.NC(=O)O.